The van der Waals surface area contributed by atoms with E-state index in [2.05, 4.69) is 5.16 Å². The summed E-state index contributed by atoms with van der Waals surface area (Å²) < 4.78 is 10.1. The van der Waals surface area contributed by atoms with E-state index in [4.69, 9.17) is 9.26 Å². The third kappa shape index (κ3) is 2.01. The van der Waals surface area contributed by atoms with Crippen LogP contribution in [0.5, 0.6) is 0 Å². The zero-order valence-electron chi connectivity index (χ0n) is 11.0. The minimum atomic E-state index is -0.359. The molecular formula is C13H16N2O4. The Morgan fingerprint density at radius 2 is 2.26 bits per heavy atom. The molecule has 102 valence electrons. The maximum Gasteiger partial charge on any atom is 0.329 e. The number of hydrogen-bond donors (Lipinski definition) is 0. The number of aryl methyl sites for hydroxylation is 2. The summed E-state index contributed by atoms with van der Waals surface area (Å²) in [6.45, 7) is 4.25. The van der Waals surface area contributed by atoms with Crippen molar-refractivity contribution in [1.29, 1.82) is 0 Å². The molecule has 0 N–H and O–H groups in total. The van der Waals surface area contributed by atoms with Gasteiger partial charge in [-0.2, -0.15) is 0 Å². The minimum absolute atomic E-state index is 0.00384. The lowest BCUT2D eigenvalue weighted by atomic mass is 10.1. The van der Waals surface area contributed by atoms with Gasteiger partial charge in [0.05, 0.1) is 12.2 Å². The van der Waals surface area contributed by atoms with Gasteiger partial charge in [-0.05, 0) is 20.3 Å². The van der Waals surface area contributed by atoms with Crippen molar-refractivity contribution in [3.05, 3.63) is 17.0 Å². The topological polar surface area (TPSA) is 72.6 Å². The number of likely N-dealkylation sites (tertiary alicyclic amines) is 1. The summed E-state index contributed by atoms with van der Waals surface area (Å²) in [5.41, 5.74) is 1.81. The Hall–Kier alpha value is -1.85. The van der Waals surface area contributed by atoms with Crippen molar-refractivity contribution in [3.8, 4) is 0 Å². The van der Waals surface area contributed by atoms with Crippen LogP contribution in [0, 0.1) is 13.8 Å². The van der Waals surface area contributed by atoms with Gasteiger partial charge in [0.1, 0.15) is 17.9 Å². The van der Waals surface area contributed by atoms with Crippen LogP contribution in [0.3, 0.4) is 0 Å². The summed E-state index contributed by atoms with van der Waals surface area (Å²) in [4.78, 5) is 25.3. The molecule has 0 radical (unpaired) electrons. The van der Waals surface area contributed by atoms with Gasteiger partial charge in [0.15, 0.2) is 0 Å². The lowest BCUT2D eigenvalue weighted by Gasteiger charge is -2.25. The Balaban J connectivity index is 1.62. The Bertz CT molecular complexity index is 517. The highest BCUT2D eigenvalue weighted by Gasteiger charge is 2.48. The van der Waals surface area contributed by atoms with E-state index in [1.165, 1.54) is 0 Å². The van der Waals surface area contributed by atoms with Gasteiger partial charge in [0, 0.05) is 18.4 Å². The second-order valence-corrected chi connectivity index (χ2v) is 5.16. The van der Waals surface area contributed by atoms with E-state index in [0.717, 1.165) is 17.0 Å². The average Bonchev–Trinajstić information content (AvgIpc) is 3.02. The van der Waals surface area contributed by atoms with Gasteiger partial charge >= 0.3 is 5.97 Å². The van der Waals surface area contributed by atoms with Gasteiger partial charge in [-0.25, -0.2) is 4.79 Å². The normalized spacial score (nSPS) is 24.9. The maximum absolute atomic E-state index is 12.2. The predicted octanol–water partition coefficient (Wildman–Crippen LogP) is 0.750. The highest BCUT2D eigenvalue weighted by molar-refractivity contribution is 5.87. The number of nitrogens with zero attached hydrogens (tertiary/aromatic N) is 2. The number of esters is 1. The van der Waals surface area contributed by atoms with Gasteiger partial charge in [-0.3, -0.25) is 4.79 Å². The minimum Gasteiger partial charge on any atom is -0.459 e. The van der Waals surface area contributed by atoms with Crippen LogP contribution in [0.1, 0.15) is 29.9 Å². The quantitative estimate of drug-likeness (QED) is 0.753. The van der Waals surface area contributed by atoms with Gasteiger partial charge in [0.25, 0.3) is 0 Å². The molecule has 0 unspecified atom stereocenters. The van der Waals surface area contributed by atoms with Crippen molar-refractivity contribution < 1.29 is 18.8 Å². The zero-order chi connectivity index (χ0) is 13.6. The molecule has 1 aromatic rings. The largest absolute Gasteiger partial charge is 0.459 e. The molecule has 2 aliphatic heterocycles. The monoisotopic (exact) mass is 264 g/mol. The lowest BCUT2D eigenvalue weighted by Crippen LogP contribution is -2.44. The van der Waals surface area contributed by atoms with Crippen LogP contribution in [0.25, 0.3) is 0 Å². The van der Waals surface area contributed by atoms with Crippen LogP contribution in [-0.2, 0) is 20.7 Å². The fourth-order valence-corrected chi connectivity index (χ4v) is 2.86. The zero-order valence-corrected chi connectivity index (χ0v) is 11.0. The molecule has 0 aromatic carbocycles. The molecule has 2 saturated heterocycles. The maximum atomic E-state index is 12.2. The number of hydrogen-bond acceptors (Lipinski definition) is 5. The summed E-state index contributed by atoms with van der Waals surface area (Å²) >= 11 is 0. The number of carbonyl (C=O) groups excluding carboxylic acids is 2. The van der Waals surface area contributed by atoms with Crippen molar-refractivity contribution in [2.75, 3.05) is 6.54 Å². The Kier molecular flexibility index (Phi) is 2.80. The molecule has 2 atom stereocenters. The molecule has 6 heteroatoms. The van der Waals surface area contributed by atoms with E-state index < -0.39 is 0 Å². The predicted molar refractivity (Wildman–Crippen MR) is 64.3 cm³/mol. The number of rotatable bonds is 3. The van der Waals surface area contributed by atoms with Crippen LogP contribution in [-0.4, -0.2) is 40.6 Å². The first kappa shape index (κ1) is 12.2. The van der Waals surface area contributed by atoms with E-state index in [0.29, 0.717) is 25.8 Å². The molecular weight excluding hydrogens is 248 g/mol. The lowest BCUT2D eigenvalue weighted by molar-refractivity contribution is -0.157. The van der Waals surface area contributed by atoms with E-state index in [9.17, 15) is 9.59 Å². The van der Waals surface area contributed by atoms with Crippen LogP contribution >= 0.6 is 0 Å². The molecule has 2 aliphatic rings. The molecule has 6 nitrogen and oxygen atoms in total. The molecule has 2 bridgehead atoms. The fourth-order valence-electron chi connectivity index (χ4n) is 2.86. The van der Waals surface area contributed by atoms with Gasteiger partial charge < -0.3 is 14.2 Å². The van der Waals surface area contributed by atoms with E-state index in [-0.39, 0.29) is 24.0 Å². The van der Waals surface area contributed by atoms with E-state index in [1.807, 2.05) is 13.8 Å². The SMILES string of the molecule is Cc1noc(C)c1CCC(=O)N1C[C@@H]2C[C@H]1C(=O)O2. The molecule has 19 heavy (non-hydrogen) atoms. The van der Waals surface area contributed by atoms with Crippen LogP contribution in [0.4, 0.5) is 0 Å². The first-order chi connectivity index (χ1) is 9.06. The first-order valence-corrected chi connectivity index (χ1v) is 6.48. The summed E-state index contributed by atoms with van der Waals surface area (Å²) in [5.74, 6) is 0.499. The van der Waals surface area contributed by atoms with E-state index >= 15 is 0 Å². The van der Waals surface area contributed by atoms with Crippen LogP contribution < -0.4 is 0 Å². The highest BCUT2D eigenvalue weighted by Crippen LogP contribution is 2.29. The number of ether oxygens (including phenoxy) is 1. The summed E-state index contributed by atoms with van der Waals surface area (Å²) in [6.07, 6.45) is 1.53. The van der Waals surface area contributed by atoms with Crippen LogP contribution in [0.15, 0.2) is 4.52 Å². The second kappa shape index (κ2) is 4.36. The molecule has 1 amide bonds. The molecule has 3 rings (SSSR count). The number of aromatic nitrogens is 1. The van der Waals surface area contributed by atoms with Gasteiger partial charge in [-0.15, -0.1) is 0 Å². The third-order valence-electron chi connectivity index (χ3n) is 3.91. The van der Waals surface area contributed by atoms with Gasteiger partial charge in [0.2, 0.25) is 5.91 Å². The highest BCUT2D eigenvalue weighted by atomic mass is 16.6. The average molecular weight is 264 g/mol. The third-order valence-corrected chi connectivity index (χ3v) is 3.91. The number of morpholine rings is 1. The Morgan fingerprint density at radius 1 is 1.47 bits per heavy atom. The Morgan fingerprint density at radius 3 is 2.84 bits per heavy atom. The number of carbonyl (C=O) groups is 2. The number of amides is 1. The summed E-state index contributed by atoms with van der Waals surface area (Å²) in [6, 6.07) is -0.359. The second-order valence-electron chi connectivity index (χ2n) is 5.16. The standard InChI is InChI=1S/C13H16N2O4/c1-7-10(8(2)19-14-7)3-4-12(16)15-6-9-5-11(15)13(17)18-9/h9,11H,3-6H2,1-2H3/t9-,11-/m0/s1. The Labute approximate surface area is 110 Å². The summed E-state index contributed by atoms with van der Waals surface area (Å²) in [5, 5.41) is 3.87. The molecule has 0 aliphatic carbocycles. The smallest absolute Gasteiger partial charge is 0.329 e. The van der Waals surface area contributed by atoms with Crippen molar-refractivity contribution in [3.63, 3.8) is 0 Å². The van der Waals surface area contributed by atoms with Crippen molar-refractivity contribution in [2.45, 2.75) is 45.3 Å². The first-order valence-electron chi connectivity index (χ1n) is 6.48. The summed E-state index contributed by atoms with van der Waals surface area (Å²) in [7, 11) is 0. The van der Waals surface area contributed by atoms with E-state index in [1.54, 1.807) is 4.90 Å². The van der Waals surface area contributed by atoms with Crippen molar-refractivity contribution in [2.24, 2.45) is 0 Å². The van der Waals surface area contributed by atoms with Crippen LogP contribution in [0.2, 0.25) is 0 Å². The molecule has 0 spiro atoms. The van der Waals surface area contributed by atoms with Crippen molar-refractivity contribution in [1.82, 2.24) is 10.1 Å². The van der Waals surface area contributed by atoms with Gasteiger partial charge in [-0.1, -0.05) is 5.16 Å². The van der Waals surface area contributed by atoms with Crippen molar-refractivity contribution >= 4 is 11.9 Å². The fraction of sp³-hybridized carbons (Fsp3) is 0.615. The number of fused-ring (bicyclic) bond motifs is 2. The molecule has 1 aromatic heterocycles. The molecule has 0 saturated carbocycles. The molecule has 3 heterocycles. The molecule has 2 fully saturated rings.